The van der Waals surface area contributed by atoms with E-state index < -0.39 is 11.6 Å². The summed E-state index contributed by atoms with van der Waals surface area (Å²) >= 11 is 0. The second kappa shape index (κ2) is 9.59. The van der Waals surface area contributed by atoms with Gasteiger partial charge in [0.25, 0.3) is 0 Å². The first kappa shape index (κ1) is 16.5. The summed E-state index contributed by atoms with van der Waals surface area (Å²) in [5.74, 6) is -1.79. The summed E-state index contributed by atoms with van der Waals surface area (Å²) in [7, 11) is 0. The highest BCUT2D eigenvalue weighted by Gasteiger charge is 2.04. The smallest absolute Gasteiger partial charge is 0.159 e. The van der Waals surface area contributed by atoms with Crippen LogP contribution in [0, 0.1) is 18.6 Å². The van der Waals surface area contributed by atoms with Crippen LogP contribution in [0.5, 0.6) is 0 Å². The van der Waals surface area contributed by atoms with Crippen molar-refractivity contribution in [1.29, 1.82) is 0 Å². The molecule has 0 saturated carbocycles. The van der Waals surface area contributed by atoms with Crippen LogP contribution >= 0.6 is 0 Å². The third-order valence-electron chi connectivity index (χ3n) is 1.55. The van der Waals surface area contributed by atoms with Gasteiger partial charge in [0, 0.05) is 0 Å². The average Bonchev–Trinajstić information content (AvgIpc) is 2.29. The summed E-state index contributed by atoms with van der Waals surface area (Å²) in [6.45, 7) is 9.36. The number of hydrogen-bond acceptors (Lipinski definition) is 1. The minimum Gasteiger partial charge on any atom is -0.392 e. The van der Waals surface area contributed by atoms with Crippen molar-refractivity contribution in [2.24, 2.45) is 0 Å². The minimum atomic E-state index is -0.917. The summed E-state index contributed by atoms with van der Waals surface area (Å²) in [6.07, 6.45) is 0. The van der Waals surface area contributed by atoms with Gasteiger partial charge < -0.3 is 5.11 Å². The zero-order chi connectivity index (χ0) is 12.4. The molecular formula is C12H20F2O. The lowest BCUT2D eigenvalue weighted by Gasteiger charge is -2.01. The highest BCUT2D eigenvalue weighted by molar-refractivity contribution is 5.26. The molecule has 0 aromatic heterocycles. The molecule has 88 valence electrons. The lowest BCUT2D eigenvalue weighted by molar-refractivity contribution is 0.280. The largest absolute Gasteiger partial charge is 0.392 e. The van der Waals surface area contributed by atoms with Crippen LogP contribution in [0.3, 0.4) is 0 Å². The van der Waals surface area contributed by atoms with E-state index in [9.17, 15) is 8.78 Å². The van der Waals surface area contributed by atoms with E-state index >= 15 is 0 Å². The Labute approximate surface area is 90.8 Å². The number of benzene rings is 1. The molecule has 0 aliphatic heterocycles. The van der Waals surface area contributed by atoms with Crippen molar-refractivity contribution in [1.82, 2.24) is 0 Å². The number of aliphatic hydroxyl groups excluding tert-OH is 1. The Bertz CT molecular complexity index is 273. The van der Waals surface area contributed by atoms with Crippen LogP contribution < -0.4 is 0 Å². The Morgan fingerprint density at radius 2 is 1.40 bits per heavy atom. The lowest BCUT2D eigenvalue weighted by Crippen LogP contribution is -1.93. The maximum atomic E-state index is 12.5. The van der Waals surface area contributed by atoms with Gasteiger partial charge in [-0.3, -0.25) is 0 Å². The molecule has 1 rings (SSSR count). The fourth-order valence-corrected chi connectivity index (χ4v) is 0.858. The van der Waals surface area contributed by atoms with Crippen LogP contribution in [0.25, 0.3) is 0 Å². The predicted octanol–water partition coefficient (Wildman–Crippen LogP) is 3.82. The molecule has 0 atom stereocenters. The van der Waals surface area contributed by atoms with Crippen LogP contribution in [-0.2, 0) is 6.61 Å². The normalized spacial score (nSPS) is 8.27. The SMILES string of the molecule is CC.CC.Cc1cc(F)c(F)cc1CO. The second-order valence-corrected chi connectivity index (χ2v) is 2.35. The van der Waals surface area contributed by atoms with Crippen molar-refractivity contribution in [3.63, 3.8) is 0 Å². The van der Waals surface area contributed by atoms with E-state index in [0.717, 1.165) is 12.1 Å². The highest BCUT2D eigenvalue weighted by Crippen LogP contribution is 2.13. The summed E-state index contributed by atoms with van der Waals surface area (Å²) in [6, 6.07) is 2.07. The third kappa shape index (κ3) is 5.47. The molecule has 0 aliphatic rings. The maximum absolute atomic E-state index is 12.5. The van der Waals surface area contributed by atoms with Crippen molar-refractivity contribution in [3.05, 3.63) is 34.9 Å². The fraction of sp³-hybridized carbons (Fsp3) is 0.500. The molecule has 0 heterocycles. The van der Waals surface area contributed by atoms with Crippen molar-refractivity contribution in [3.8, 4) is 0 Å². The molecule has 15 heavy (non-hydrogen) atoms. The van der Waals surface area contributed by atoms with Crippen LogP contribution in [0.1, 0.15) is 38.8 Å². The zero-order valence-corrected chi connectivity index (χ0v) is 10.1. The van der Waals surface area contributed by atoms with E-state index in [1.165, 1.54) is 0 Å². The number of aryl methyl sites for hydroxylation is 1. The van der Waals surface area contributed by atoms with Crippen molar-refractivity contribution < 1.29 is 13.9 Å². The van der Waals surface area contributed by atoms with Crippen molar-refractivity contribution in [2.75, 3.05) is 0 Å². The standard InChI is InChI=1S/C8H8F2O.2C2H6/c1-5-2-7(9)8(10)3-6(5)4-11;2*1-2/h2-3,11H,4H2,1H3;2*1-2H3. The number of aliphatic hydroxyl groups is 1. The van der Waals surface area contributed by atoms with Crippen molar-refractivity contribution in [2.45, 2.75) is 41.2 Å². The first-order chi connectivity index (χ1) is 7.15. The van der Waals surface area contributed by atoms with Crippen LogP contribution in [-0.4, -0.2) is 5.11 Å². The fourth-order valence-electron chi connectivity index (χ4n) is 0.858. The Hall–Kier alpha value is -0.960. The van der Waals surface area contributed by atoms with E-state index in [1.54, 1.807) is 6.92 Å². The quantitative estimate of drug-likeness (QED) is 0.759. The second-order valence-electron chi connectivity index (χ2n) is 2.35. The Morgan fingerprint density at radius 1 is 1.00 bits per heavy atom. The van der Waals surface area contributed by atoms with Gasteiger partial charge in [0.1, 0.15) is 0 Å². The molecular weight excluding hydrogens is 198 g/mol. The predicted molar refractivity (Wildman–Crippen MR) is 59.7 cm³/mol. The molecule has 0 saturated heterocycles. The molecule has 0 aliphatic carbocycles. The first-order valence-corrected chi connectivity index (χ1v) is 5.20. The molecule has 1 N–H and O–H groups in total. The molecule has 1 aromatic carbocycles. The molecule has 0 bridgehead atoms. The van der Waals surface area contributed by atoms with E-state index in [1.807, 2.05) is 27.7 Å². The van der Waals surface area contributed by atoms with Gasteiger partial charge in [-0.25, -0.2) is 8.78 Å². The Kier molecular flexibility index (Phi) is 10.5. The van der Waals surface area contributed by atoms with Gasteiger partial charge in [0.05, 0.1) is 6.61 Å². The number of rotatable bonds is 1. The molecule has 1 aromatic rings. The lowest BCUT2D eigenvalue weighted by atomic mass is 10.1. The van der Waals surface area contributed by atoms with Crippen LogP contribution in [0.4, 0.5) is 8.78 Å². The van der Waals surface area contributed by atoms with Gasteiger partial charge in [-0.15, -0.1) is 0 Å². The molecule has 0 spiro atoms. The van der Waals surface area contributed by atoms with E-state index in [2.05, 4.69) is 0 Å². The first-order valence-electron chi connectivity index (χ1n) is 5.20. The molecule has 3 heteroatoms. The molecule has 0 radical (unpaired) electrons. The average molecular weight is 218 g/mol. The summed E-state index contributed by atoms with van der Waals surface area (Å²) in [5.41, 5.74) is 0.982. The van der Waals surface area contributed by atoms with Crippen LogP contribution in [0.2, 0.25) is 0 Å². The van der Waals surface area contributed by atoms with Gasteiger partial charge in [0.15, 0.2) is 11.6 Å². The minimum absolute atomic E-state index is 0.261. The van der Waals surface area contributed by atoms with E-state index in [0.29, 0.717) is 11.1 Å². The van der Waals surface area contributed by atoms with Gasteiger partial charge >= 0.3 is 0 Å². The van der Waals surface area contributed by atoms with Crippen LogP contribution in [0.15, 0.2) is 12.1 Å². The third-order valence-corrected chi connectivity index (χ3v) is 1.55. The highest BCUT2D eigenvalue weighted by atomic mass is 19.2. The molecule has 1 nitrogen and oxygen atoms in total. The van der Waals surface area contributed by atoms with Gasteiger partial charge in [-0.1, -0.05) is 27.7 Å². The number of halogens is 2. The number of hydrogen-bond donors (Lipinski definition) is 1. The monoisotopic (exact) mass is 218 g/mol. The zero-order valence-electron chi connectivity index (χ0n) is 10.1. The summed E-state index contributed by atoms with van der Waals surface area (Å²) < 4.78 is 24.9. The summed E-state index contributed by atoms with van der Waals surface area (Å²) in [4.78, 5) is 0. The maximum Gasteiger partial charge on any atom is 0.159 e. The Balaban J connectivity index is 0. The van der Waals surface area contributed by atoms with Gasteiger partial charge in [0.2, 0.25) is 0 Å². The molecule has 0 unspecified atom stereocenters. The Morgan fingerprint density at radius 3 is 1.80 bits per heavy atom. The molecule has 0 amide bonds. The van der Waals surface area contributed by atoms with Crippen molar-refractivity contribution >= 4 is 0 Å². The van der Waals surface area contributed by atoms with E-state index in [-0.39, 0.29) is 6.61 Å². The topological polar surface area (TPSA) is 20.2 Å². The van der Waals surface area contributed by atoms with Gasteiger partial charge in [-0.2, -0.15) is 0 Å². The summed E-state index contributed by atoms with van der Waals surface area (Å²) in [5, 5.41) is 8.64. The van der Waals surface area contributed by atoms with Gasteiger partial charge in [-0.05, 0) is 30.2 Å². The van der Waals surface area contributed by atoms with E-state index in [4.69, 9.17) is 5.11 Å². The molecule has 0 fully saturated rings.